The highest BCUT2D eigenvalue weighted by atomic mass is 32.1. The van der Waals surface area contributed by atoms with Crippen LogP contribution in [0.15, 0.2) is 90.4 Å². The summed E-state index contributed by atoms with van der Waals surface area (Å²) in [5.74, 6) is -4.89. The normalized spacial score (nSPS) is 18.6. The summed E-state index contributed by atoms with van der Waals surface area (Å²) in [6.45, 7) is 8.69. The number of H-pyrrole nitrogens is 1. The number of likely N-dealkylation sites (tertiary alicyclic amines) is 1. The maximum absolute atomic E-state index is 16.2. The third-order valence-electron chi connectivity index (χ3n) is 15.9. The monoisotopic (exact) mass is 1220 g/mol. The van der Waals surface area contributed by atoms with Gasteiger partial charge >= 0.3 is 7.60 Å². The average molecular weight is 1220 g/mol. The Morgan fingerprint density at radius 1 is 0.930 bits per heavy atom. The van der Waals surface area contributed by atoms with E-state index in [0.717, 1.165) is 27.3 Å². The highest BCUT2D eigenvalue weighted by Gasteiger charge is 2.46. The van der Waals surface area contributed by atoms with Crippen LogP contribution in [0, 0.1) is 18.2 Å². The van der Waals surface area contributed by atoms with Crippen molar-refractivity contribution in [3.8, 4) is 16.2 Å². The van der Waals surface area contributed by atoms with Crippen molar-refractivity contribution in [3.05, 3.63) is 135 Å². The first-order valence-corrected chi connectivity index (χ1v) is 30.8. The summed E-state index contributed by atoms with van der Waals surface area (Å²) in [5.41, 5.74) is 10.3. The smallest absolute Gasteiger partial charge is 0.396 e. The maximum atomic E-state index is 16.2. The predicted octanol–water partition coefficient (Wildman–Crippen LogP) is 5.58. The summed E-state index contributed by atoms with van der Waals surface area (Å²) in [6, 6.07) is 17.3. The van der Waals surface area contributed by atoms with Gasteiger partial charge in [0.25, 0.3) is 11.4 Å². The molecule has 2 unspecified atom stereocenters. The number of thiazole rings is 1. The predicted molar refractivity (Wildman–Crippen MR) is 317 cm³/mol. The van der Waals surface area contributed by atoms with Gasteiger partial charge in [0.1, 0.15) is 36.5 Å². The molecule has 4 aromatic carbocycles. The Hall–Kier alpha value is -8.15. The molecule has 0 bridgehead atoms. The van der Waals surface area contributed by atoms with Crippen molar-refractivity contribution < 1.29 is 66.9 Å². The van der Waals surface area contributed by atoms with E-state index in [4.69, 9.17) is 10.5 Å². The van der Waals surface area contributed by atoms with E-state index in [1.807, 2.05) is 50.2 Å². The van der Waals surface area contributed by atoms with Gasteiger partial charge in [-0.2, -0.15) is 0 Å². The molecule has 0 aliphatic carbocycles. The van der Waals surface area contributed by atoms with E-state index in [-0.39, 0.29) is 87.1 Å². The number of benzene rings is 4. The number of rotatable bonds is 22. The van der Waals surface area contributed by atoms with Crippen LogP contribution in [0.3, 0.4) is 0 Å². The van der Waals surface area contributed by atoms with Gasteiger partial charge in [-0.25, -0.2) is 9.37 Å². The van der Waals surface area contributed by atoms with Crippen LogP contribution in [0.1, 0.15) is 121 Å². The molecular weight excluding hydrogens is 1150 g/mol. The number of aliphatic hydroxyl groups excluding tert-OH is 1. The Morgan fingerprint density at radius 3 is 2.35 bits per heavy atom. The van der Waals surface area contributed by atoms with Crippen LogP contribution in [0.2, 0.25) is 0 Å². The fourth-order valence-electron chi connectivity index (χ4n) is 11.3. The molecule has 1 saturated heterocycles. The number of nitrogens with two attached hydrogens (primary N) is 1. The molecule has 6 aromatic rings. The molecule has 10 N–H and O–H groups in total. The lowest BCUT2D eigenvalue weighted by atomic mass is 9.85. The minimum absolute atomic E-state index is 0.000210. The maximum Gasteiger partial charge on any atom is 0.396 e. The van der Waals surface area contributed by atoms with Gasteiger partial charge in [0, 0.05) is 48.7 Å². The Balaban J connectivity index is 0.803. The Morgan fingerprint density at radius 2 is 1.65 bits per heavy atom. The standard InChI is InChI=1S/C61H69FN9O13PS/c1-32(34-15-17-37(18-16-34)53-33(2)64-31-86-53)65-56(76)46-28-42(72)29-70(46)59(79)54(61(3,4)5)69-50(74)14-8-10-35-9-7-13-48(51(35)62)84-30-41(21-24-49(63)73)66-57(77)47-27-38-12-6-11-36-19-23-44(58(78)71(47)52(36)38)68-55(75)45-26-40-25-39(20-22-43(40)67-45)60(80)85(81,82)83/h6-7,9,11-13,15-18,20,22,25-26,31-32,41-42,44,46-47,54,67,72H,8,10,14,19,21,23-24,27-30H2,1-5H3,(H2,63,73)(H,65,76)(H,66,77)(H,68,75)(H,69,74)(H2,81,82,83)/t32-,41-,42+,44-,46?,47?,54+/m0/s1. The number of nitrogens with one attached hydrogen (secondary N) is 5. The summed E-state index contributed by atoms with van der Waals surface area (Å²) >= 11 is 1.54. The van der Waals surface area contributed by atoms with E-state index in [9.17, 15) is 57.8 Å². The second-order valence-electron chi connectivity index (χ2n) is 23.2. The van der Waals surface area contributed by atoms with E-state index in [1.54, 1.807) is 38.4 Å². The SMILES string of the molecule is Cc1ncsc1-c1ccc([C@H](C)NC(=O)C2C[C@@H](O)CN2C(=O)[C@@H](NC(=O)CCCc2cccc(OC[C@H](CCC(N)=O)NC(=O)C3Cc4cccc5c4N3C(=O)[C@@H](NC(=O)c3cc4cc(C(=O)P(=O)(O)O)ccc4[nH]3)CC5)c2F)C(C)(C)C)cc1. The third kappa shape index (κ3) is 14.1. The highest BCUT2D eigenvalue weighted by molar-refractivity contribution is 7.70. The first-order valence-electron chi connectivity index (χ1n) is 28.3. The summed E-state index contributed by atoms with van der Waals surface area (Å²) in [4.78, 5) is 139. The van der Waals surface area contributed by atoms with Crippen LogP contribution in [-0.2, 0) is 52.6 Å². The van der Waals surface area contributed by atoms with Crippen LogP contribution >= 0.6 is 18.9 Å². The summed E-state index contributed by atoms with van der Waals surface area (Å²) in [6.07, 6.45) is -0.366. The minimum Gasteiger partial charge on any atom is -0.488 e. The Labute approximate surface area is 499 Å². The molecule has 3 aliphatic heterocycles. The van der Waals surface area contributed by atoms with Gasteiger partial charge in [-0.1, -0.05) is 75.4 Å². The zero-order valence-electron chi connectivity index (χ0n) is 48.1. The van der Waals surface area contributed by atoms with Crippen molar-refractivity contribution in [2.24, 2.45) is 11.1 Å². The molecule has 86 heavy (non-hydrogen) atoms. The van der Waals surface area contributed by atoms with E-state index in [1.165, 1.54) is 57.5 Å². The van der Waals surface area contributed by atoms with Gasteiger partial charge in [-0.15, -0.1) is 11.3 Å². The molecular formula is C61H69FN9O13PS. The fraction of sp³-hybridized carbons (Fsp3) is 0.393. The van der Waals surface area contributed by atoms with Gasteiger partial charge in [0.2, 0.25) is 35.4 Å². The number of nitrogens with zero attached hydrogens (tertiary/aromatic N) is 3. The molecule has 7 atom stereocenters. The number of aromatic nitrogens is 2. The van der Waals surface area contributed by atoms with E-state index in [0.29, 0.717) is 28.6 Å². The number of amides is 7. The zero-order chi connectivity index (χ0) is 61.9. The Bertz CT molecular complexity index is 3670. The van der Waals surface area contributed by atoms with Gasteiger partial charge in [-0.05, 0) is 110 Å². The number of primary amides is 1. The molecule has 0 spiro atoms. The topological polar surface area (TPSA) is 333 Å². The molecule has 1 fully saturated rings. The first-order chi connectivity index (χ1) is 40.7. The molecule has 3 aliphatic rings. The number of aliphatic hydroxyl groups is 1. The Kier molecular flexibility index (Phi) is 18.7. The molecule has 22 nitrogen and oxygen atoms in total. The molecule has 7 amide bonds. The number of aromatic amines is 1. The van der Waals surface area contributed by atoms with Gasteiger partial charge in [0.05, 0.1) is 40.0 Å². The van der Waals surface area contributed by atoms with Crippen molar-refractivity contribution in [1.82, 2.24) is 36.1 Å². The largest absolute Gasteiger partial charge is 0.488 e. The second-order valence-corrected chi connectivity index (χ2v) is 25.6. The lowest BCUT2D eigenvalue weighted by Crippen LogP contribution is -2.57. The zero-order valence-corrected chi connectivity index (χ0v) is 49.8. The number of halogens is 1. The number of β-amino-alcohol motifs (C(OH)–C–C–N with tert-alkyl or cyclic N) is 1. The molecule has 0 saturated carbocycles. The van der Waals surface area contributed by atoms with Crippen LogP contribution in [0.5, 0.6) is 5.75 Å². The lowest BCUT2D eigenvalue weighted by Gasteiger charge is -2.35. The number of ether oxygens (including phenoxy) is 1. The molecule has 2 aromatic heterocycles. The van der Waals surface area contributed by atoms with Crippen LogP contribution in [0.25, 0.3) is 21.3 Å². The van der Waals surface area contributed by atoms with E-state index in [2.05, 4.69) is 31.2 Å². The van der Waals surface area contributed by atoms with Crippen LogP contribution in [-0.4, -0.2) is 126 Å². The number of fused-ring (bicyclic) bond motifs is 1. The molecule has 25 heteroatoms. The number of aryl methyl sites for hydroxylation is 3. The lowest BCUT2D eigenvalue weighted by molar-refractivity contribution is -0.144. The highest BCUT2D eigenvalue weighted by Crippen LogP contribution is 2.41. The molecule has 454 valence electrons. The number of carbonyl (C=O) groups excluding carboxylic acids is 8. The van der Waals surface area contributed by atoms with Gasteiger partial charge in [0.15, 0.2) is 11.6 Å². The number of hydrogen-bond donors (Lipinski definition) is 9. The average Bonchev–Trinajstić information content (AvgIpc) is 1.69. The van der Waals surface area contributed by atoms with Crippen molar-refractivity contribution in [2.75, 3.05) is 18.1 Å². The van der Waals surface area contributed by atoms with Gasteiger partial charge in [-0.3, -0.25) is 47.8 Å². The van der Waals surface area contributed by atoms with E-state index >= 15 is 4.39 Å². The van der Waals surface area contributed by atoms with Gasteiger partial charge < -0.3 is 56.5 Å². The first kappa shape index (κ1) is 62.4. The van der Waals surface area contributed by atoms with Crippen LogP contribution in [0.4, 0.5) is 10.1 Å². The number of hydrogen-bond acceptors (Lipinski definition) is 13. The van der Waals surface area contributed by atoms with Crippen molar-refractivity contribution in [3.63, 3.8) is 0 Å². The summed E-state index contributed by atoms with van der Waals surface area (Å²) in [5, 5.41) is 22.6. The number of carbonyl (C=O) groups is 8. The number of anilines is 1. The van der Waals surface area contributed by atoms with Crippen molar-refractivity contribution in [2.45, 2.75) is 135 Å². The quantitative estimate of drug-likeness (QED) is 0.0375. The van der Waals surface area contributed by atoms with Crippen molar-refractivity contribution >= 4 is 82.4 Å². The second kappa shape index (κ2) is 25.8. The third-order valence-corrected chi connectivity index (χ3v) is 17.6. The number of para-hydroxylation sites is 1. The molecule has 9 rings (SSSR count). The minimum atomic E-state index is -5.08. The summed E-state index contributed by atoms with van der Waals surface area (Å²) in [7, 11) is -5.08. The van der Waals surface area contributed by atoms with Crippen molar-refractivity contribution in [1.29, 1.82) is 0 Å². The summed E-state index contributed by atoms with van der Waals surface area (Å²) < 4.78 is 33.8. The van der Waals surface area contributed by atoms with E-state index < -0.39 is 108 Å². The molecule has 0 radical (unpaired) electrons. The molecule has 5 heterocycles. The van der Waals surface area contributed by atoms with Crippen LogP contribution < -0.4 is 36.6 Å². The fourth-order valence-corrected chi connectivity index (χ4v) is 12.6.